The van der Waals surface area contributed by atoms with Gasteiger partial charge in [-0.15, -0.1) is 0 Å². The lowest BCUT2D eigenvalue weighted by Crippen LogP contribution is -2.25. The lowest BCUT2D eigenvalue weighted by atomic mass is 9.87. The molecule has 1 aromatic carbocycles. The Kier molecular flexibility index (Phi) is 4.76. The van der Waals surface area contributed by atoms with Crippen molar-refractivity contribution in [1.82, 2.24) is 14.8 Å². The highest BCUT2D eigenvalue weighted by Crippen LogP contribution is 2.41. The molecule has 1 amide bonds. The van der Waals surface area contributed by atoms with Crippen LogP contribution in [0.3, 0.4) is 0 Å². The van der Waals surface area contributed by atoms with E-state index in [0.717, 1.165) is 41.1 Å². The molecule has 2 aromatic heterocycles. The molecule has 1 fully saturated rings. The van der Waals surface area contributed by atoms with Crippen molar-refractivity contribution in [2.24, 2.45) is 0 Å². The van der Waals surface area contributed by atoms with Gasteiger partial charge in [-0.3, -0.25) is 9.78 Å². The van der Waals surface area contributed by atoms with Crippen LogP contribution in [0.2, 0.25) is 0 Å². The zero-order chi connectivity index (χ0) is 19.6. The number of aromatic nitrogens is 3. The van der Waals surface area contributed by atoms with Gasteiger partial charge in [0.15, 0.2) is 0 Å². The number of ether oxygens (including phenoxy) is 1. The first-order chi connectivity index (χ1) is 14.3. The van der Waals surface area contributed by atoms with E-state index >= 15 is 0 Å². The van der Waals surface area contributed by atoms with Crippen molar-refractivity contribution >= 4 is 11.7 Å². The lowest BCUT2D eigenvalue weighted by molar-refractivity contribution is -0.116. The van der Waals surface area contributed by atoms with E-state index in [1.807, 2.05) is 47.4 Å². The van der Waals surface area contributed by atoms with Crippen molar-refractivity contribution in [3.63, 3.8) is 0 Å². The maximum absolute atomic E-state index is 12.6. The highest BCUT2D eigenvalue weighted by Gasteiger charge is 2.32. The number of hydrogen-bond acceptors (Lipinski definition) is 4. The van der Waals surface area contributed by atoms with Gasteiger partial charge >= 0.3 is 0 Å². The van der Waals surface area contributed by atoms with Crippen LogP contribution < -0.4 is 10.1 Å². The molecule has 1 atom stereocenters. The first-order valence-corrected chi connectivity index (χ1v) is 10.3. The van der Waals surface area contributed by atoms with Crippen LogP contribution in [-0.2, 0) is 11.3 Å². The first kappa shape index (κ1) is 17.9. The number of rotatable bonds is 5. The molecule has 6 nitrogen and oxygen atoms in total. The average molecular weight is 388 g/mol. The maximum atomic E-state index is 12.6. The molecule has 1 aliphatic carbocycles. The summed E-state index contributed by atoms with van der Waals surface area (Å²) in [5.41, 5.74) is 3.15. The van der Waals surface area contributed by atoms with Crippen molar-refractivity contribution < 1.29 is 9.53 Å². The fraction of sp³-hybridized carbons (Fsp3) is 0.348. The number of carbonyl (C=O) groups is 1. The summed E-state index contributed by atoms with van der Waals surface area (Å²) in [6.45, 7) is 0.566. The monoisotopic (exact) mass is 388 g/mol. The molecule has 3 aromatic rings. The largest absolute Gasteiger partial charge is 0.490 e. The molecule has 0 bridgehead atoms. The highest BCUT2D eigenvalue weighted by molar-refractivity contribution is 5.94. The second-order valence-electron chi connectivity index (χ2n) is 7.83. The average Bonchev–Trinajstić information content (AvgIpc) is 3.39. The number of benzene rings is 1. The number of nitrogens with one attached hydrogen (secondary N) is 1. The number of nitrogens with zero attached hydrogens (tertiary/aromatic N) is 3. The molecule has 1 aliphatic heterocycles. The SMILES string of the molecule is O=C1CC(c2ccccc2OC2CCCC2)c2cnn(Cc3cccnc3)c2N1. The van der Waals surface area contributed by atoms with Gasteiger partial charge in [-0.25, -0.2) is 4.68 Å². The Bertz CT molecular complexity index is 1010. The normalized spacial score (nSPS) is 19.0. The molecule has 0 radical (unpaired) electrons. The molecular formula is C23H24N4O2. The van der Waals surface area contributed by atoms with Crippen molar-refractivity contribution in [3.8, 4) is 5.75 Å². The Morgan fingerprint density at radius 1 is 1.07 bits per heavy atom. The fourth-order valence-electron chi connectivity index (χ4n) is 4.39. The maximum Gasteiger partial charge on any atom is 0.226 e. The molecule has 6 heteroatoms. The molecule has 148 valence electrons. The molecule has 5 rings (SSSR count). The summed E-state index contributed by atoms with van der Waals surface area (Å²) in [5.74, 6) is 1.61. The predicted octanol–water partition coefficient (Wildman–Crippen LogP) is 4.12. The van der Waals surface area contributed by atoms with Gasteiger partial charge in [-0.2, -0.15) is 5.10 Å². The van der Waals surface area contributed by atoms with E-state index in [9.17, 15) is 4.79 Å². The van der Waals surface area contributed by atoms with Gasteiger partial charge in [0.05, 0.1) is 18.8 Å². The van der Waals surface area contributed by atoms with E-state index in [4.69, 9.17) is 4.74 Å². The third-order valence-electron chi connectivity index (χ3n) is 5.84. The Balaban J connectivity index is 1.48. The number of hydrogen-bond donors (Lipinski definition) is 1. The molecule has 1 unspecified atom stereocenters. The van der Waals surface area contributed by atoms with Crippen molar-refractivity contribution in [2.75, 3.05) is 5.32 Å². The zero-order valence-corrected chi connectivity index (χ0v) is 16.3. The van der Waals surface area contributed by atoms with E-state index in [-0.39, 0.29) is 17.9 Å². The number of anilines is 1. The minimum absolute atomic E-state index is 0.00565. The van der Waals surface area contributed by atoms with E-state index in [1.165, 1.54) is 12.8 Å². The van der Waals surface area contributed by atoms with Crippen LogP contribution in [0.25, 0.3) is 0 Å². The van der Waals surface area contributed by atoms with Gasteiger partial charge < -0.3 is 10.1 Å². The summed E-state index contributed by atoms with van der Waals surface area (Å²) in [5, 5.41) is 7.59. The number of amides is 1. The molecule has 2 aliphatic rings. The van der Waals surface area contributed by atoms with Crippen LogP contribution in [-0.4, -0.2) is 26.8 Å². The zero-order valence-electron chi connectivity index (χ0n) is 16.3. The van der Waals surface area contributed by atoms with Crippen molar-refractivity contribution in [2.45, 2.75) is 50.7 Å². The Labute approximate surface area is 169 Å². The highest BCUT2D eigenvalue weighted by atomic mass is 16.5. The van der Waals surface area contributed by atoms with Crippen molar-refractivity contribution in [3.05, 3.63) is 71.7 Å². The van der Waals surface area contributed by atoms with Gasteiger partial charge in [0, 0.05) is 35.9 Å². The number of pyridine rings is 1. The van der Waals surface area contributed by atoms with Gasteiger partial charge in [-0.1, -0.05) is 24.3 Å². The lowest BCUT2D eigenvalue weighted by Gasteiger charge is -2.26. The van der Waals surface area contributed by atoms with Gasteiger partial charge in [-0.05, 0) is 43.4 Å². The third kappa shape index (κ3) is 3.62. The van der Waals surface area contributed by atoms with Crippen LogP contribution in [0.4, 0.5) is 5.82 Å². The summed E-state index contributed by atoms with van der Waals surface area (Å²) in [6.07, 6.45) is 10.8. The second kappa shape index (κ2) is 7.70. The van der Waals surface area contributed by atoms with E-state index < -0.39 is 0 Å². The molecule has 3 heterocycles. The molecule has 29 heavy (non-hydrogen) atoms. The summed E-state index contributed by atoms with van der Waals surface area (Å²) in [7, 11) is 0. The Hall–Kier alpha value is -3.15. The fourth-order valence-corrected chi connectivity index (χ4v) is 4.39. The van der Waals surface area contributed by atoms with Crippen LogP contribution in [0.1, 0.15) is 54.7 Å². The molecule has 0 saturated heterocycles. The van der Waals surface area contributed by atoms with Crippen LogP contribution in [0.15, 0.2) is 55.0 Å². The topological polar surface area (TPSA) is 69.0 Å². The van der Waals surface area contributed by atoms with E-state index in [0.29, 0.717) is 13.0 Å². The number of para-hydroxylation sites is 1. The number of fused-ring (bicyclic) bond motifs is 1. The summed E-state index contributed by atoms with van der Waals surface area (Å²) in [4.78, 5) is 16.7. The quantitative estimate of drug-likeness (QED) is 0.714. The van der Waals surface area contributed by atoms with Gasteiger partial charge in [0.1, 0.15) is 11.6 Å². The predicted molar refractivity (Wildman–Crippen MR) is 110 cm³/mol. The minimum atomic E-state index is -0.0565. The Morgan fingerprint density at radius 2 is 1.93 bits per heavy atom. The minimum Gasteiger partial charge on any atom is -0.490 e. The summed E-state index contributed by atoms with van der Waals surface area (Å²) < 4.78 is 8.19. The number of carbonyl (C=O) groups excluding carboxylic acids is 1. The third-order valence-corrected chi connectivity index (χ3v) is 5.84. The van der Waals surface area contributed by atoms with E-state index in [2.05, 4.69) is 21.5 Å². The van der Waals surface area contributed by atoms with E-state index in [1.54, 1.807) is 6.20 Å². The first-order valence-electron chi connectivity index (χ1n) is 10.3. The summed E-state index contributed by atoms with van der Waals surface area (Å²) >= 11 is 0. The molecule has 1 saturated carbocycles. The molecule has 1 N–H and O–H groups in total. The summed E-state index contributed by atoms with van der Waals surface area (Å²) in [6, 6.07) is 12.0. The molecular weight excluding hydrogens is 364 g/mol. The van der Waals surface area contributed by atoms with Gasteiger partial charge in [0.2, 0.25) is 5.91 Å². The van der Waals surface area contributed by atoms with Gasteiger partial charge in [0.25, 0.3) is 0 Å². The van der Waals surface area contributed by atoms with Crippen molar-refractivity contribution in [1.29, 1.82) is 0 Å². The second-order valence-corrected chi connectivity index (χ2v) is 7.83. The standard InChI is InChI=1S/C23H24N4O2/c28-22-12-19(18-9-3-4-10-21(18)29-17-7-1-2-8-17)20-14-25-27(23(20)26-22)15-16-6-5-11-24-13-16/h3-6,9-11,13-14,17,19H,1-2,7-8,12,15H2,(H,26,28). The van der Waals surface area contributed by atoms with Crippen LogP contribution in [0, 0.1) is 0 Å². The smallest absolute Gasteiger partial charge is 0.226 e. The van der Waals surface area contributed by atoms with Crippen LogP contribution >= 0.6 is 0 Å². The molecule has 0 spiro atoms. The Morgan fingerprint density at radius 3 is 2.76 bits per heavy atom. The van der Waals surface area contributed by atoms with Crippen LogP contribution in [0.5, 0.6) is 5.75 Å².